The number of rotatable bonds is 0. The van der Waals surface area contributed by atoms with Crippen molar-refractivity contribution in [3.63, 3.8) is 0 Å². The molecule has 4 heteroatoms. The van der Waals surface area contributed by atoms with Crippen LogP contribution in [-0.4, -0.2) is 16.6 Å². The van der Waals surface area contributed by atoms with E-state index in [2.05, 4.69) is 4.98 Å². The molecule has 1 aromatic rings. The van der Waals surface area contributed by atoms with Gasteiger partial charge in [0.1, 0.15) is 0 Å². The van der Waals surface area contributed by atoms with Crippen molar-refractivity contribution in [2.24, 2.45) is 0 Å². The average molecular weight is 188 g/mol. The van der Waals surface area contributed by atoms with Crippen LogP contribution in [0.15, 0.2) is 24.5 Å². The van der Waals surface area contributed by atoms with Crippen LogP contribution in [-0.2, 0) is 20.8 Å². The summed E-state index contributed by atoms with van der Waals surface area (Å²) >= 11 is 4.89. The first-order valence-corrected chi connectivity index (χ1v) is 2.88. The standard InChI is InChI=1S/C5H4N.CH2O2.Cu/c1-2-4-6-5-3-1;2-1-3;/h1-2,4-5H;1H,(H,2,3);. The van der Waals surface area contributed by atoms with E-state index in [0.717, 1.165) is 4.46 Å². The number of nitrogens with zero attached hydrogens (tertiary/aromatic N) is 1. The maximum atomic E-state index is 8.36. The second kappa shape index (κ2) is 6.26. The van der Waals surface area contributed by atoms with Gasteiger partial charge in [0.2, 0.25) is 0 Å². The molecular formula is C6H6CuNO2. The predicted molar refractivity (Wildman–Crippen MR) is 32.6 cm³/mol. The molecule has 0 unspecified atom stereocenters. The number of aromatic nitrogens is 1. The fraction of sp³-hybridized carbons (Fsp3) is 0. The molecule has 0 saturated carbocycles. The van der Waals surface area contributed by atoms with E-state index in [4.69, 9.17) is 25.9 Å². The zero-order valence-corrected chi connectivity index (χ0v) is 5.93. The Morgan fingerprint density at radius 1 is 1.70 bits per heavy atom. The third-order valence-corrected chi connectivity index (χ3v) is 0.881. The van der Waals surface area contributed by atoms with E-state index in [1.54, 1.807) is 12.4 Å². The van der Waals surface area contributed by atoms with Gasteiger partial charge < -0.3 is 5.11 Å². The van der Waals surface area contributed by atoms with E-state index in [9.17, 15) is 0 Å². The molecule has 0 aromatic carbocycles. The number of pyridine rings is 1. The number of carbonyl (C=O) groups is 1. The third-order valence-electron chi connectivity index (χ3n) is 0.603. The third kappa shape index (κ3) is 5.28. The van der Waals surface area contributed by atoms with Crippen molar-refractivity contribution in [1.82, 2.24) is 4.98 Å². The second-order valence-corrected chi connectivity index (χ2v) is 1.78. The fourth-order valence-corrected chi connectivity index (χ4v) is 0.490. The van der Waals surface area contributed by atoms with Crippen LogP contribution in [0, 0.1) is 0 Å². The van der Waals surface area contributed by atoms with Gasteiger partial charge in [-0.3, -0.25) is 4.79 Å². The molecule has 1 rings (SSSR count). The quantitative estimate of drug-likeness (QED) is 0.458. The summed E-state index contributed by atoms with van der Waals surface area (Å²) in [4.78, 5) is 12.1. The maximum absolute atomic E-state index is 8.36. The molecule has 0 aliphatic carbocycles. The molecule has 58 valence electrons. The van der Waals surface area contributed by atoms with Crippen LogP contribution in [0.2, 0.25) is 0 Å². The molecule has 0 spiro atoms. The number of hydrogen-bond acceptors (Lipinski definition) is 2. The summed E-state index contributed by atoms with van der Waals surface area (Å²) in [5, 5.41) is 6.89. The minimum atomic E-state index is -0.250. The van der Waals surface area contributed by atoms with Crippen molar-refractivity contribution in [3.8, 4) is 0 Å². The van der Waals surface area contributed by atoms with Crippen LogP contribution in [0.5, 0.6) is 0 Å². The van der Waals surface area contributed by atoms with Gasteiger partial charge in [-0.15, -0.1) is 0 Å². The van der Waals surface area contributed by atoms with Crippen LogP contribution in [0.1, 0.15) is 0 Å². The number of hydrogen-bond donors (Lipinski definition) is 1. The summed E-state index contributed by atoms with van der Waals surface area (Å²) in [5.41, 5.74) is 0. The fourth-order valence-electron chi connectivity index (χ4n) is 0.329. The molecule has 0 atom stereocenters. The molecule has 1 heterocycles. The van der Waals surface area contributed by atoms with Gasteiger partial charge in [-0.1, -0.05) is 0 Å². The predicted octanol–water partition coefficient (Wildman–Crippen LogP) is -0.0455. The van der Waals surface area contributed by atoms with Gasteiger partial charge in [-0.25, -0.2) is 0 Å². The first-order chi connectivity index (χ1) is 4.81. The molecular weight excluding hydrogens is 182 g/mol. The van der Waals surface area contributed by atoms with E-state index in [-0.39, 0.29) is 6.47 Å². The van der Waals surface area contributed by atoms with Crippen molar-refractivity contribution in [2.75, 3.05) is 0 Å². The second-order valence-electron chi connectivity index (χ2n) is 1.23. The van der Waals surface area contributed by atoms with E-state index in [0.29, 0.717) is 0 Å². The van der Waals surface area contributed by atoms with E-state index in [1.807, 2.05) is 12.1 Å². The molecule has 0 fully saturated rings. The molecule has 0 bridgehead atoms. The van der Waals surface area contributed by atoms with E-state index >= 15 is 0 Å². The molecule has 10 heavy (non-hydrogen) atoms. The topological polar surface area (TPSA) is 50.2 Å². The summed E-state index contributed by atoms with van der Waals surface area (Å²) in [6, 6.07) is 3.64. The molecule has 0 aliphatic rings. The van der Waals surface area contributed by atoms with Crippen LogP contribution in [0.3, 0.4) is 0 Å². The zero-order valence-electron chi connectivity index (χ0n) is 4.99. The average Bonchev–Trinajstić information content (AvgIpc) is 1.91. The van der Waals surface area contributed by atoms with Crippen LogP contribution >= 0.6 is 0 Å². The molecule has 0 saturated heterocycles. The van der Waals surface area contributed by atoms with Crippen molar-refractivity contribution >= 4 is 10.9 Å². The Balaban J connectivity index is 0.000000236. The van der Waals surface area contributed by atoms with Crippen molar-refractivity contribution in [2.45, 2.75) is 0 Å². The van der Waals surface area contributed by atoms with Gasteiger partial charge in [-0.2, -0.15) is 0 Å². The Kier molecular flexibility index (Phi) is 5.72. The van der Waals surface area contributed by atoms with Gasteiger partial charge in [-0.05, 0) is 0 Å². The van der Waals surface area contributed by atoms with E-state index < -0.39 is 0 Å². The Bertz CT molecular complexity index is 178. The summed E-state index contributed by atoms with van der Waals surface area (Å²) in [5.74, 6) is 0. The normalized spacial score (nSPS) is 7.40. The molecule has 0 radical (unpaired) electrons. The molecule has 0 amide bonds. The monoisotopic (exact) mass is 187 g/mol. The summed E-state index contributed by atoms with van der Waals surface area (Å²) in [7, 11) is 0. The first-order valence-electron chi connectivity index (χ1n) is 2.41. The Morgan fingerprint density at radius 3 is 2.50 bits per heavy atom. The van der Waals surface area contributed by atoms with Crippen LogP contribution in [0.25, 0.3) is 0 Å². The first kappa shape index (κ1) is 9.14. The van der Waals surface area contributed by atoms with Crippen LogP contribution < -0.4 is 4.46 Å². The minimum absolute atomic E-state index is 0.250. The summed E-state index contributed by atoms with van der Waals surface area (Å²) in [6.07, 6.45) is 3.34. The Labute approximate surface area is 66.9 Å². The van der Waals surface area contributed by atoms with Gasteiger partial charge in [0.15, 0.2) is 0 Å². The van der Waals surface area contributed by atoms with Crippen molar-refractivity contribution in [1.29, 1.82) is 0 Å². The van der Waals surface area contributed by atoms with Gasteiger partial charge in [0.25, 0.3) is 6.47 Å². The summed E-state index contributed by atoms with van der Waals surface area (Å²) < 4.78 is 0.773. The summed E-state index contributed by atoms with van der Waals surface area (Å²) in [6.45, 7) is -0.250. The molecule has 0 aliphatic heterocycles. The van der Waals surface area contributed by atoms with Crippen molar-refractivity contribution in [3.05, 3.63) is 24.5 Å². The zero-order chi connectivity index (χ0) is 7.82. The van der Waals surface area contributed by atoms with Gasteiger partial charge in [0.05, 0.1) is 0 Å². The van der Waals surface area contributed by atoms with Gasteiger partial charge >= 0.3 is 50.0 Å². The molecule has 1 aromatic heterocycles. The van der Waals surface area contributed by atoms with E-state index in [1.165, 1.54) is 0 Å². The van der Waals surface area contributed by atoms with Gasteiger partial charge in [0, 0.05) is 0 Å². The number of carboxylic acid groups (broad SMARTS) is 1. The van der Waals surface area contributed by atoms with Crippen molar-refractivity contribution < 1.29 is 25.9 Å². The molecule has 1 N–H and O–H groups in total. The Hall–Kier alpha value is -0.861. The molecule has 3 nitrogen and oxygen atoms in total. The SMILES string of the molecule is O=CO.[Cu][c]1cccnc1. The Morgan fingerprint density at radius 2 is 2.30 bits per heavy atom. The van der Waals surface area contributed by atoms with Crippen LogP contribution in [0.4, 0.5) is 0 Å².